The molecule has 1 amide bonds. The highest BCUT2D eigenvalue weighted by Gasteiger charge is 2.20. The first-order valence-corrected chi connectivity index (χ1v) is 6.75. The van der Waals surface area contributed by atoms with Gasteiger partial charge < -0.3 is 9.84 Å². The van der Waals surface area contributed by atoms with Crippen LogP contribution in [-0.4, -0.2) is 29.1 Å². The Balaban J connectivity index is 1.98. The largest absolute Gasteiger partial charge is 0.360 e. The molecule has 1 N–H and O–H groups in total. The number of hydrogen-bond acceptors (Lipinski definition) is 4. The number of anilines is 1. The Labute approximate surface area is 126 Å². The predicted octanol–water partition coefficient (Wildman–Crippen LogP) is 2.72. The predicted molar refractivity (Wildman–Crippen MR) is 77.2 cm³/mol. The Hall–Kier alpha value is -2.28. The van der Waals surface area contributed by atoms with Crippen LogP contribution < -0.4 is 5.32 Å². The summed E-state index contributed by atoms with van der Waals surface area (Å²) in [7, 11) is 1.68. The number of rotatable bonds is 5. The molecule has 0 unspecified atom stereocenters. The molecule has 0 saturated carbocycles. The van der Waals surface area contributed by atoms with Crippen LogP contribution >= 0.6 is 0 Å². The van der Waals surface area contributed by atoms with Gasteiger partial charge >= 0.3 is 0 Å². The molecule has 0 fully saturated rings. The fourth-order valence-corrected chi connectivity index (χ4v) is 1.91. The van der Waals surface area contributed by atoms with E-state index in [9.17, 15) is 13.6 Å². The van der Waals surface area contributed by atoms with Crippen LogP contribution in [0.4, 0.5) is 14.6 Å². The monoisotopic (exact) mass is 309 g/mol. The van der Waals surface area contributed by atoms with Gasteiger partial charge in [0.1, 0.15) is 17.4 Å². The first-order chi connectivity index (χ1) is 10.4. The second kappa shape index (κ2) is 6.65. The summed E-state index contributed by atoms with van der Waals surface area (Å²) >= 11 is 0. The van der Waals surface area contributed by atoms with Crippen LogP contribution in [0, 0.1) is 18.6 Å². The van der Waals surface area contributed by atoms with Gasteiger partial charge in [0.05, 0.1) is 6.04 Å². The smallest absolute Gasteiger partial charge is 0.242 e. The Morgan fingerprint density at radius 3 is 2.73 bits per heavy atom. The molecule has 0 aliphatic carbocycles. The lowest BCUT2D eigenvalue weighted by molar-refractivity contribution is -0.120. The van der Waals surface area contributed by atoms with Crippen molar-refractivity contribution in [2.45, 2.75) is 26.4 Å². The van der Waals surface area contributed by atoms with Gasteiger partial charge in [0, 0.05) is 24.2 Å². The van der Waals surface area contributed by atoms with Gasteiger partial charge in [-0.3, -0.25) is 9.69 Å². The maximum absolute atomic E-state index is 13.6. The Kier molecular flexibility index (Phi) is 4.87. The number of amides is 1. The van der Waals surface area contributed by atoms with E-state index in [-0.39, 0.29) is 12.5 Å². The molecule has 22 heavy (non-hydrogen) atoms. The zero-order valence-corrected chi connectivity index (χ0v) is 12.6. The second-order valence-corrected chi connectivity index (χ2v) is 5.14. The van der Waals surface area contributed by atoms with Crippen LogP contribution in [-0.2, 0) is 11.3 Å². The topological polar surface area (TPSA) is 58.4 Å². The molecule has 2 rings (SSSR count). The maximum Gasteiger partial charge on any atom is 0.242 e. The molecule has 0 saturated heterocycles. The summed E-state index contributed by atoms with van der Waals surface area (Å²) < 4.78 is 31.4. The zero-order chi connectivity index (χ0) is 16.3. The van der Waals surface area contributed by atoms with Gasteiger partial charge in [-0.05, 0) is 27.0 Å². The molecular weight excluding hydrogens is 292 g/mol. The van der Waals surface area contributed by atoms with Crippen molar-refractivity contribution in [1.82, 2.24) is 10.1 Å². The van der Waals surface area contributed by atoms with E-state index in [1.807, 2.05) is 0 Å². The highest BCUT2D eigenvalue weighted by Crippen LogP contribution is 2.14. The van der Waals surface area contributed by atoms with Crippen molar-refractivity contribution >= 4 is 11.7 Å². The third-order valence-corrected chi connectivity index (χ3v) is 3.35. The molecule has 0 aliphatic heterocycles. The molecule has 5 nitrogen and oxygen atoms in total. The second-order valence-electron chi connectivity index (χ2n) is 5.14. The lowest BCUT2D eigenvalue weighted by Gasteiger charge is -2.23. The fraction of sp³-hybridized carbons (Fsp3) is 0.333. The number of halogens is 2. The molecule has 2 aromatic rings. The van der Waals surface area contributed by atoms with Crippen molar-refractivity contribution in [3.8, 4) is 0 Å². The van der Waals surface area contributed by atoms with Gasteiger partial charge in [0.25, 0.3) is 0 Å². The molecule has 0 spiro atoms. The van der Waals surface area contributed by atoms with Crippen LogP contribution in [0.1, 0.15) is 18.2 Å². The van der Waals surface area contributed by atoms with E-state index < -0.39 is 17.7 Å². The molecule has 0 radical (unpaired) electrons. The Morgan fingerprint density at radius 2 is 2.14 bits per heavy atom. The van der Waals surface area contributed by atoms with Gasteiger partial charge in [0.15, 0.2) is 5.82 Å². The van der Waals surface area contributed by atoms with Crippen molar-refractivity contribution in [3.63, 3.8) is 0 Å². The molecule has 1 aromatic carbocycles. The van der Waals surface area contributed by atoms with Crippen molar-refractivity contribution < 1.29 is 18.1 Å². The van der Waals surface area contributed by atoms with Crippen LogP contribution in [0.5, 0.6) is 0 Å². The molecule has 0 bridgehead atoms. The van der Waals surface area contributed by atoms with Crippen molar-refractivity contribution in [1.29, 1.82) is 0 Å². The molecule has 0 aliphatic rings. The van der Waals surface area contributed by atoms with E-state index in [2.05, 4.69) is 10.5 Å². The van der Waals surface area contributed by atoms with Crippen LogP contribution in [0.3, 0.4) is 0 Å². The number of aryl methyl sites for hydroxylation is 1. The number of likely N-dealkylation sites (N-methyl/N-ethyl adjacent to an activating group) is 1. The summed E-state index contributed by atoms with van der Waals surface area (Å²) in [5, 5.41) is 6.29. The van der Waals surface area contributed by atoms with Gasteiger partial charge in [0.2, 0.25) is 5.91 Å². The fourth-order valence-electron chi connectivity index (χ4n) is 1.91. The summed E-state index contributed by atoms with van der Waals surface area (Å²) in [6.07, 6.45) is 0. The lowest BCUT2D eigenvalue weighted by Crippen LogP contribution is -2.39. The number of carbonyl (C=O) groups excluding carboxylic acids is 1. The van der Waals surface area contributed by atoms with Crippen molar-refractivity contribution in [3.05, 3.63) is 47.2 Å². The van der Waals surface area contributed by atoms with Gasteiger partial charge in [-0.2, -0.15) is 0 Å². The average molecular weight is 309 g/mol. The van der Waals surface area contributed by atoms with E-state index >= 15 is 0 Å². The molecule has 7 heteroatoms. The average Bonchev–Trinajstić information content (AvgIpc) is 2.86. The normalized spacial score (nSPS) is 12.5. The summed E-state index contributed by atoms with van der Waals surface area (Å²) in [6, 6.07) is 4.46. The molecule has 1 atom stereocenters. The minimum absolute atomic E-state index is 0.179. The van der Waals surface area contributed by atoms with Crippen LogP contribution in [0.15, 0.2) is 28.8 Å². The van der Waals surface area contributed by atoms with Gasteiger partial charge in [-0.25, -0.2) is 8.78 Å². The summed E-state index contributed by atoms with van der Waals surface area (Å²) in [6.45, 7) is 3.58. The minimum atomic E-state index is -0.633. The van der Waals surface area contributed by atoms with E-state index in [0.717, 1.165) is 6.07 Å². The first-order valence-electron chi connectivity index (χ1n) is 6.75. The number of benzene rings is 1. The summed E-state index contributed by atoms with van der Waals surface area (Å²) in [5.41, 5.74) is 0.320. The van der Waals surface area contributed by atoms with Crippen molar-refractivity contribution in [2.75, 3.05) is 12.4 Å². The first kappa shape index (κ1) is 16.1. The van der Waals surface area contributed by atoms with Gasteiger partial charge in [-0.15, -0.1) is 0 Å². The molecule has 118 valence electrons. The highest BCUT2D eigenvalue weighted by atomic mass is 19.1. The Bertz CT molecular complexity index is 673. The number of nitrogens with zero attached hydrogens (tertiary/aromatic N) is 2. The quantitative estimate of drug-likeness (QED) is 0.922. The van der Waals surface area contributed by atoms with Crippen molar-refractivity contribution in [2.24, 2.45) is 0 Å². The maximum atomic E-state index is 13.6. The zero-order valence-electron chi connectivity index (χ0n) is 12.6. The lowest BCUT2D eigenvalue weighted by atomic mass is 10.1. The summed E-state index contributed by atoms with van der Waals surface area (Å²) in [5.74, 6) is -0.638. The highest BCUT2D eigenvalue weighted by molar-refractivity contribution is 5.93. The van der Waals surface area contributed by atoms with Crippen LogP contribution in [0.25, 0.3) is 0 Å². The molecule has 1 heterocycles. The number of carbonyl (C=O) groups is 1. The number of hydrogen-bond donors (Lipinski definition) is 1. The third kappa shape index (κ3) is 3.88. The summed E-state index contributed by atoms with van der Waals surface area (Å²) in [4.78, 5) is 13.8. The van der Waals surface area contributed by atoms with Gasteiger partial charge in [-0.1, -0.05) is 11.2 Å². The SMILES string of the molecule is Cc1cc(NC(=O)[C@@H](C)N(C)Cc2ccc(F)cc2F)no1. The molecular formula is C15H17F2N3O2. The van der Waals surface area contributed by atoms with Crippen LogP contribution in [0.2, 0.25) is 0 Å². The molecule has 1 aromatic heterocycles. The minimum Gasteiger partial charge on any atom is -0.360 e. The third-order valence-electron chi connectivity index (χ3n) is 3.35. The van der Waals surface area contributed by atoms with E-state index in [1.54, 1.807) is 31.9 Å². The standard InChI is InChI=1S/C15H17F2N3O2/c1-9-6-14(19-22-9)18-15(21)10(2)20(3)8-11-4-5-12(16)7-13(11)17/h4-7,10H,8H2,1-3H3,(H,18,19,21)/t10-/m1/s1. The van der Waals surface area contributed by atoms with E-state index in [4.69, 9.17) is 4.52 Å². The van der Waals surface area contributed by atoms with E-state index in [1.165, 1.54) is 12.1 Å². The van der Waals surface area contributed by atoms with E-state index in [0.29, 0.717) is 17.1 Å². The number of nitrogens with one attached hydrogen (secondary N) is 1. The number of aromatic nitrogens is 1. The Morgan fingerprint density at radius 1 is 1.41 bits per heavy atom.